The summed E-state index contributed by atoms with van der Waals surface area (Å²) in [5.41, 5.74) is 1.84. The fraction of sp³-hybridized carbons (Fsp3) is 0. The summed E-state index contributed by atoms with van der Waals surface area (Å²) in [5, 5.41) is 0. The number of hydrogen-bond donors (Lipinski definition) is 7. The fourth-order valence-corrected chi connectivity index (χ4v) is 5.44. The minimum absolute atomic E-state index is 0.0419. The van der Waals surface area contributed by atoms with Crippen molar-refractivity contribution < 1.29 is 39.6 Å². The lowest BCUT2D eigenvalue weighted by molar-refractivity contribution is 0.376. The highest BCUT2D eigenvalue weighted by Crippen LogP contribution is 2.44. The Morgan fingerprint density at radius 2 is 1.17 bits per heavy atom. The van der Waals surface area contributed by atoms with Gasteiger partial charge in [-0.25, -0.2) is 9.97 Å². The Hall–Kier alpha value is -3.35. The quantitative estimate of drug-likeness (QED) is 0.155. The molecule has 0 bridgehead atoms. The highest BCUT2D eigenvalue weighted by molar-refractivity contribution is 8.19. The predicted octanol–water partition coefficient (Wildman–Crippen LogP) is 3.85. The number of nitrogens with one attached hydrogen (secondary N) is 2. The van der Waals surface area contributed by atoms with Crippen LogP contribution in [0.2, 0.25) is 0 Å². The summed E-state index contributed by atoms with van der Waals surface area (Å²) in [6.45, 7) is 0. The third kappa shape index (κ3) is 4.47. The molecule has 0 amide bonds. The summed E-state index contributed by atoms with van der Waals surface area (Å²) in [7, 11) is -13.5. The number of imidazole rings is 2. The highest BCUT2D eigenvalue weighted by Gasteiger charge is 2.23. The van der Waals surface area contributed by atoms with Crippen LogP contribution in [-0.2, 0) is 20.2 Å². The molecule has 5 rings (SSSR count). The molecule has 0 unspecified atom stereocenters. The third-order valence-electron chi connectivity index (χ3n) is 5.30. The molecular formula is C20H16N4O9S3. The molecule has 0 aliphatic heterocycles. The van der Waals surface area contributed by atoms with Gasteiger partial charge in [0.1, 0.15) is 32.9 Å². The first-order valence-corrected chi connectivity index (χ1v) is 14.2. The molecule has 16 heteroatoms. The normalized spacial score (nSPS) is 13.5. The van der Waals surface area contributed by atoms with Crippen molar-refractivity contribution in [3.8, 4) is 22.8 Å². The minimum atomic E-state index is -4.86. The zero-order valence-electron chi connectivity index (χ0n) is 17.7. The number of hydrogen-bond acceptors (Lipinski definition) is 9. The molecule has 7 N–H and O–H groups in total. The first kappa shape index (κ1) is 24.3. The van der Waals surface area contributed by atoms with Crippen molar-refractivity contribution in [2.24, 2.45) is 0 Å². The van der Waals surface area contributed by atoms with E-state index in [1.807, 2.05) is 0 Å². The summed E-state index contributed by atoms with van der Waals surface area (Å²) in [5.74, 6) is 0.607. The van der Waals surface area contributed by atoms with Crippen LogP contribution in [0.4, 0.5) is 0 Å². The van der Waals surface area contributed by atoms with Crippen LogP contribution >= 0.6 is 10.9 Å². The van der Waals surface area contributed by atoms with Gasteiger partial charge in [-0.05, 0) is 30.3 Å². The molecule has 2 aromatic heterocycles. The van der Waals surface area contributed by atoms with Crippen LogP contribution in [0, 0.1) is 0 Å². The maximum Gasteiger partial charge on any atom is 0.296 e. The molecule has 0 saturated heterocycles. The van der Waals surface area contributed by atoms with Gasteiger partial charge in [0, 0.05) is 11.1 Å². The van der Waals surface area contributed by atoms with Crippen LogP contribution in [0.1, 0.15) is 0 Å². The number of fused-ring (bicyclic) bond motifs is 2. The van der Waals surface area contributed by atoms with E-state index in [0.29, 0.717) is 34.1 Å². The Morgan fingerprint density at radius 1 is 0.611 bits per heavy atom. The van der Waals surface area contributed by atoms with Gasteiger partial charge in [0.25, 0.3) is 20.2 Å². The molecule has 0 fully saturated rings. The zero-order chi connectivity index (χ0) is 26.0. The summed E-state index contributed by atoms with van der Waals surface area (Å²) >= 11 is 0. The first-order chi connectivity index (χ1) is 16.7. The lowest BCUT2D eigenvalue weighted by Gasteiger charge is -2.18. The van der Waals surface area contributed by atoms with Gasteiger partial charge in [0.15, 0.2) is 0 Å². The van der Waals surface area contributed by atoms with Crippen LogP contribution < -0.4 is 0 Å². The number of rotatable bonds is 5. The van der Waals surface area contributed by atoms with Crippen LogP contribution in [0.25, 0.3) is 44.8 Å². The Balaban J connectivity index is 1.55. The molecular weight excluding hydrogens is 536 g/mol. The predicted molar refractivity (Wildman–Crippen MR) is 130 cm³/mol. The maximum atomic E-state index is 11.8. The second kappa shape index (κ2) is 8.08. The van der Waals surface area contributed by atoms with E-state index in [2.05, 4.69) is 19.9 Å². The smallest absolute Gasteiger partial charge is 0.296 e. The van der Waals surface area contributed by atoms with Gasteiger partial charge in [0.05, 0.1) is 26.3 Å². The zero-order valence-corrected chi connectivity index (χ0v) is 20.1. The monoisotopic (exact) mass is 552 g/mol. The molecule has 0 aliphatic rings. The van der Waals surface area contributed by atoms with Crippen LogP contribution in [0.15, 0.2) is 69.3 Å². The number of aromatic amines is 2. The van der Waals surface area contributed by atoms with Crippen molar-refractivity contribution in [3.63, 3.8) is 0 Å². The topological polar surface area (TPSA) is 227 Å². The lowest BCUT2D eigenvalue weighted by atomic mass is 10.1. The minimum Gasteiger partial charge on any atom is -0.338 e. The molecule has 5 aromatic rings. The molecule has 0 aliphatic carbocycles. The van der Waals surface area contributed by atoms with Crippen LogP contribution in [0.5, 0.6) is 0 Å². The molecule has 36 heavy (non-hydrogen) atoms. The van der Waals surface area contributed by atoms with Gasteiger partial charge in [0.2, 0.25) is 0 Å². The SMILES string of the molecule is O=S(=O)(O)c1cc(S(=O)(=O)O)c2nc(-c3ccc(-c4nc5ccc(S(O)(O)O)cc5[nH]4)cc3)[nH]c2c1. The molecule has 13 nitrogen and oxygen atoms in total. The molecule has 3 aromatic carbocycles. The molecule has 188 valence electrons. The van der Waals surface area contributed by atoms with Gasteiger partial charge >= 0.3 is 0 Å². The average molecular weight is 553 g/mol. The van der Waals surface area contributed by atoms with Gasteiger partial charge in [-0.1, -0.05) is 24.3 Å². The summed E-state index contributed by atoms with van der Waals surface area (Å²) in [6, 6.07) is 12.5. The molecule has 0 radical (unpaired) electrons. The van der Waals surface area contributed by atoms with Crippen LogP contribution in [-0.4, -0.2) is 59.5 Å². The van der Waals surface area contributed by atoms with Crippen molar-refractivity contribution in [2.75, 3.05) is 0 Å². The average Bonchev–Trinajstić information content (AvgIpc) is 3.40. The molecule has 0 saturated carbocycles. The van der Waals surface area contributed by atoms with E-state index in [1.165, 1.54) is 18.2 Å². The largest absolute Gasteiger partial charge is 0.338 e. The van der Waals surface area contributed by atoms with E-state index < -0.39 is 40.9 Å². The highest BCUT2D eigenvalue weighted by atomic mass is 32.3. The molecule has 2 heterocycles. The Kier molecular flexibility index (Phi) is 5.47. The Labute approximate surface area is 204 Å². The second-order valence-corrected chi connectivity index (χ2v) is 12.0. The maximum absolute atomic E-state index is 11.8. The Bertz CT molecular complexity index is 1870. The van der Waals surface area contributed by atoms with E-state index in [9.17, 15) is 39.6 Å². The van der Waals surface area contributed by atoms with Gasteiger partial charge < -0.3 is 23.6 Å². The van der Waals surface area contributed by atoms with Crippen molar-refractivity contribution >= 4 is 53.2 Å². The third-order valence-corrected chi connectivity index (χ3v) is 7.89. The van der Waals surface area contributed by atoms with Crippen molar-refractivity contribution in [1.82, 2.24) is 19.9 Å². The van der Waals surface area contributed by atoms with E-state index in [1.54, 1.807) is 24.3 Å². The van der Waals surface area contributed by atoms with Crippen molar-refractivity contribution in [2.45, 2.75) is 14.7 Å². The Morgan fingerprint density at radius 3 is 1.72 bits per heavy atom. The van der Waals surface area contributed by atoms with E-state index in [4.69, 9.17) is 0 Å². The van der Waals surface area contributed by atoms with Crippen molar-refractivity contribution in [3.05, 3.63) is 54.6 Å². The van der Waals surface area contributed by atoms with Gasteiger partial charge in [-0.2, -0.15) is 16.8 Å². The molecule has 0 atom stereocenters. The summed E-state index contributed by atoms with van der Waals surface area (Å²) < 4.78 is 93.9. The number of benzene rings is 3. The van der Waals surface area contributed by atoms with Gasteiger partial charge in [-0.3, -0.25) is 9.11 Å². The number of H-pyrrole nitrogens is 2. The summed E-state index contributed by atoms with van der Waals surface area (Å²) in [6.07, 6.45) is 0. The molecule has 0 spiro atoms. The summed E-state index contributed by atoms with van der Waals surface area (Å²) in [4.78, 5) is 12.8. The first-order valence-electron chi connectivity index (χ1n) is 9.80. The van der Waals surface area contributed by atoms with Crippen LogP contribution in [0.3, 0.4) is 0 Å². The van der Waals surface area contributed by atoms with E-state index >= 15 is 0 Å². The number of nitrogens with zero attached hydrogens (tertiary/aromatic N) is 2. The fourth-order valence-electron chi connectivity index (χ4n) is 3.62. The second-order valence-electron chi connectivity index (χ2n) is 7.71. The van der Waals surface area contributed by atoms with E-state index in [0.717, 1.165) is 6.07 Å². The van der Waals surface area contributed by atoms with E-state index in [-0.39, 0.29) is 21.8 Å². The lowest BCUT2D eigenvalue weighted by Crippen LogP contribution is -2.04. The standard InChI is InChI=1S/C20H16N4O9S3/c25-34(26,27)12-5-6-14-15(7-12)22-19(21-14)10-1-3-11(4-2-10)20-23-16-8-13(35(28,29)30)9-17(18(16)24-20)36(31,32)33/h1-9,25-27H,(H,21,22)(H,23,24)(H,28,29,30)(H,31,32,33). The number of aromatic nitrogens is 4. The van der Waals surface area contributed by atoms with Crippen molar-refractivity contribution in [1.29, 1.82) is 0 Å². The van der Waals surface area contributed by atoms with Gasteiger partial charge in [-0.15, -0.1) is 0 Å².